The summed E-state index contributed by atoms with van der Waals surface area (Å²) >= 11 is 0. The number of amides is 3. The second kappa shape index (κ2) is 10.2. The van der Waals surface area contributed by atoms with Gasteiger partial charge in [0.15, 0.2) is 0 Å². The molecular formula is C26H41N3O5. The molecule has 34 heavy (non-hydrogen) atoms. The molecule has 1 saturated carbocycles. The number of para-hydroxylation sites is 1. The molecule has 1 aliphatic carbocycles. The van der Waals surface area contributed by atoms with Gasteiger partial charge in [-0.3, -0.25) is 9.59 Å². The molecule has 1 aliphatic rings. The number of aromatic hydroxyl groups is 1. The summed E-state index contributed by atoms with van der Waals surface area (Å²) in [5.41, 5.74) is -0.920. The van der Waals surface area contributed by atoms with Crippen LogP contribution < -0.4 is 10.6 Å². The van der Waals surface area contributed by atoms with Gasteiger partial charge in [0.25, 0.3) is 0 Å². The van der Waals surface area contributed by atoms with Gasteiger partial charge in [-0.2, -0.15) is 0 Å². The first-order valence-corrected chi connectivity index (χ1v) is 11.9. The molecule has 0 heterocycles. The fraction of sp³-hybridized carbons (Fsp3) is 0.654. The number of phenolic OH excluding ortho intramolecular Hbond substituents is 1. The van der Waals surface area contributed by atoms with E-state index in [0.717, 1.165) is 6.42 Å². The maximum atomic E-state index is 14.0. The molecule has 3 N–H and O–H groups in total. The van der Waals surface area contributed by atoms with Crippen molar-refractivity contribution in [3.8, 4) is 5.75 Å². The van der Waals surface area contributed by atoms with Crippen LogP contribution in [0.2, 0.25) is 0 Å². The van der Waals surface area contributed by atoms with Crippen molar-refractivity contribution in [3.05, 3.63) is 29.8 Å². The van der Waals surface area contributed by atoms with Crippen LogP contribution in [0.5, 0.6) is 5.75 Å². The van der Waals surface area contributed by atoms with Crippen molar-refractivity contribution in [3.63, 3.8) is 0 Å². The number of ether oxygens (including phenoxy) is 1. The third-order valence-corrected chi connectivity index (χ3v) is 5.54. The smallest absolute Gasteiger partial charge is 0.408 e. The third-order valence-electron chi connectivity index (χ3n) is 5.54. The maximum absolute atomic E-state index is 14.0. The Kier molecular flexibility index (Phi) is 8.27. The summed E-state index contributed by atoms with van der Waals surface area (Å²) in [5, 5.41) is 16.3. The van der Waals surface area contributed by atoms with E-state index in [1.807, 2.05) is 41.5 Å². The van der Waals surface area contributed by atoms with Crippen molar-refractivity contribution >= 4 is 17.9 Å². The summed E-state index contributed by atoms with van der Waals surface area (Å²) in [4.78, 5) is 41.7. The van der Waals surface area contributed by atoms with Crippen LogP contribution in [0, 0.1) is 11.8 Å². The Labute approximate surface area is 203 Å². The lowest BCUT2D eigenvalue weighted by Gasteiger charge is -2.37. The first kappa shape index (κ1) is 27.5. The van der Waals surface area contributed by atoms with E-state index < -0.39 is 29.3 Å². The molecule has 0 aliphatic heterocycles. The molecule has 8 heteroatoms. The van der Waals surface area contributed by atoms with Gasteiger partial charge in [-0.1, -0.05) is 39.0 Å². The predicted octanol–water partition coefficient (Wildman–Crippen LogP) is 4.13. The molecule has 190 valence electrons. The van der Waals surface area contributed by atoms with Crippen LogP contribution in [-0.2, 0) is 14.3 Å². The minimum atomic E-state index is -1.05. The SMILES string of the molecule is CC(C)C(NC(=O)OC(C)(C)C)C(=O)N(C(C(=O)NC(C)(C)C)c1ccccc1O)C1CC1C. The zero-order valence-corrected chi connectivity index (χ0v) is 21.9. The Bertz CT molecular complexity index is 900. The quantitative estimate of drug-likeness (QED) is 0.549. The molecule has 4 unspecified atom stereocenters. The number of carbonyl (C=O) groups excluding carboxylic acids is 3. The number of phenols is 1. The summed E-state index contributed by atoms with van der Waals surface area (Å²) in [6, 6.07) is 4.41. The predicted molar refractivity (Wildman–Crippen MR) is 131 cm³/mol. The van der Waals surface area contributed by atoms with E-state index in [-0.39, 0.29) is 35.4 Å². The molecule has 0 saturated heterocycles. The van der Waals surface area contributed by atoms with Gasteiger partial charge >= 0.3 is 6.09 Å². The Balaban J connectivity index is 2.51. The number of nitrogens with one attached hydrogen (secondary N) is 2. The monoisotopic (exact) mass is 475 g/mol. The fourth-order valence-corrected chi connectivity index (χ4v) is 3.86. The zero-order valence-electron chi connectivity index (χ0n) is 21.9. The molecule has 4 atom stereocenters. The molecule has 2 rings (SSSR count). The lowest BCUT2D eigenvalue weighted by Crippen LogP contribution is -2.56. The molecule has 0 aromatic heterocycles. The standard InChI is InChI=1S/C26H41N3O5/c1-15(2)20(27-24(33)34-26(7,8)9)23(32)29(18-14-16(18)3)21(22(31)28-25(4,5)6)17-12-10-11-13-19(17)30/h10-13,15-16,18,20-21,30H,14H2,1-9H3,(H,27,33)(H,28,31). The highest BCUT2D eigenvalue weighted by Gasteiger charge is 2.49. The Hall–Kier alpha value is -2.77. The van der Waals surface area contributed by atoms with Crippen LogP contribution in [0.1, 0.15) is 80.3 Å². The van der Waals surface area contributed by atoms with Crippen molar-refractivity contribution in [2.75, 3.05) is 0 Å². The largest absolute Gasteiger partial charge is 0.508 e. The van der Waals surface area contributed by atoms with Crippen molar-refractivity contribution in [2.45, 2.75) is 98.0 Å². The summed E-state index contributed by atoms with van der Waals surface area (Å²) in [6.45, 7) is 16.5. The summed E-state index contributed by atoms with van der Waals surface area (Å²) in [5.74, 6) is -0.904. The normalized spacial score (nSPS) is 19.7. The number of nitrogens with zero attached hydrogens (tertiary/aromatic N) is 1. The molecule has 0 bridgehead atoms. The molecule has 8 nitrogen and oxygen atoms in total. The van der Waals surface area contributed by atoms with Gasteiger partial charge in [0.05, 0.1) is 0 Å². The Morgan fingerprint density at radius 1 is 1.09 bits per heavy atom. The summed E-state index contributed by atoms with van der Waals surface area (Å²) < 4.78 is 5.38. The second-order valence-corrected chi connectivity index (χ2v) is 11.6. The van der Waals surface area contributed by atoms with Crippen LogP contribution in [0.4, 0.5) is 4.79 Å². The Morgan fingerprint density at radius 2 is 1.65 bits per heavy atom. The Morgan fingerprint density at radius 3 is 2.09 bits per heavy atom. The number of carbonyl (C=O) groups is 3. The first-order valence-electron chi connectivity index (χ1n) is 11.9. The minimum absolute atomic E-state index is 0.0659. The number of hydrogen-bond donors (Lipinski definition) is 3. The fourth-order valence-electron chi connectivity index (χ4n) is 3.86. The van der Waals surface area contributed by atoms with E-state index in [2.05, 4.69) is 10.6 Å². The number of alkyl carbamates (subject to hydrolysis) is 1. The maximum Gasteiger partial charge on any atom is 0.408 e. The summed E-state index contributed by atoms with van der Waals surface area (Å²) in [6.07, 6.45) is 0.0391. The lowest BCUT2D eigenvalue weighted by molar-refractivity contribution is -0.145. The van der Waals surface area contributed by atoms with Gasteiger partial charge in [0.2, 0.25) is 11.8 Å². The van der Waals surface area contributed by atoms with Gasteiger partial charge < -0.3 is 25.4 Å². The van der Waals surface area contributed by atoms with E-state index in [1.165, 1.54) is 6.07 Å². The average Bonchev–Trinajstić information content (AvgIpc) is 3.37. The average molecular weight is 476 g/mol. The highest BCUT2D eigenvalue weighted by atomic mass is 16.6. The first-order chi connectivity index (χ1) is 15.5. The molecule has 0 spiro atoms. The topological polar surface area (TPSA) is 108 Å². The van der Waals surface area contributed by atoms with Crippen LogP contribution in [-0.4, -0.2) is 51.1 Å². The van der Waals surface area contributed by atoms with Crippen molar-refractivity contribution < 1.29 is 24.2 Å². The van der Waals surface area contributed by atoms with Gasteiger partial charge in [-0.25, -0.2) is 4.79 Å². The highest BCUT2D eigenvalue weighted by molar-refractivity contribution is 5.93. The molecule has 3 amide bonds. The van der Waals surface area contributed by atoms with Crippen LogP contribution in [0.3, 0.4) is 0 Å². The zero-order chi connectivity index (χ0) is 26.0. The molecule has 1 aromatic rings. The lowest BCUT2D eigenvalue weighted by atomic mass is 9.97. The van der Waals surface area contributed by atoms with Crippen LogP contribution in [0.25, 0.3) is 0 Å². The van der Waals surface area contributed by atoms with E-state index in [0.29, 0.717) is 5.56 Å². The second-order valence-electron chi connectivity index (χ2n) is 11.6. The summed E-state index contributed by atoms with van der Waals surface area (Å²) in [7, 11) is 0. The van der Waals surface area contributed by atoms with Crippen molar-refractivity contribution in [1.29, 1.82) is 0 Å². The molecular weight excluding hydrogens is 434 g/mol. The van der Waals surface area contributed by atoms with Gasteiger partial charge in [-0.15, -0.1) is 0 Å². The van der Waals surface area contributed by atoms with E-state index in [4.69, 9.17) is 4.74 Å². The number of benzene rings is 1. The van der Waals surface area contributed by atoms with Crippen molar-refractivity contribution in [2.24, 2.45) is 11.8 Å². The van der Waals surface area contributed by atoms with E-state index in [1.54, 1.807) is 43.9 Å². The highest BCUT2D eigenvalue weighted by Crippen LogP contribution is 2.42. The van der Waals surface area contributed by atoms with E-state index in [9.17, 15) is 19.5 Å². The van der Waals surface area contributed by atoms with E-state index >= 15 is 0 Å². The molecule has 1 fully saturated rings. The molecule has 0 radical (unpaired) electrons. The molecule has 1 aromatic carbocycles. The van der Waals surface area contributed by atoms with Crippen molar-refractivity contribution in [1.82, 2.24) is 15.5 Å². The van der Waals surface area contributed by atoms with Gasteiger partial charge in [-0.05, 0) is 65.9 Å². The van der Waals surface area contributed by atoms with Gasteiger partial charge in [0.1, 0.15) is 23.4 Å². The van der Waals surface area contributed by atoms with Crippen LogP contribution in [0.15, 0.2) is 24.3 Å². The van der Waals surface area contributed by atoms with Gasteiger partial charge in [0, 0.05) is 17.1 Å². The third kappa shape index (κ3) is 7.37. The minimum Gasteiger partial charge on any atom is -0.508 e. The number of rotatable bonds is 7. The van der Waals surface area contributed by atoms with Crippen LogP contribution >= 0.6 is 0 Å². The number of hydrogen-bond acceptors (Lipinski definition) is 5.